The van der Waals surface area contributed by atoms with E-state index in [0.29, 0.717) is 11.0 Å². The lowest BCUT2D eigenvalue weighted by molar-refractivity contribution is 0.472. The fourth-order valence-corrected chi connectivity index (χ4v) is 3.41. The molecular formula is C14H21N3S2. The van der Waals surface area contributed by atoms with Crippen molar-refractivity contribution >= 4 is 34.8 Å². The summed E-state index contributed by atoms with van der Waals surface area (Å²) >= 11 is 7.07. The van der Waals surface area contributed by atoms with Crippen LogP contribution in [-0.4, -0.2) is 27.5 Å². The standard InChI is InChI=1S/C14H21N3S2/c1-9-3-8-12(13(15)18)14(16-9)17-10-4-6-11(19-2)7-5-10/h3,8,10-11H,4-7H2,1-2H3,(H2,15,18)(H,16,17). The van der Waals surface area contributed by atoms with Gasteiger partial charge in [0.05, 0.1) is 5.56 Å². The molecule has 104 valence electrons. The summed E-state index contributed by atoms with van der Waals surface area (Å²) < 4.78 is 0. The van der Waals surface area contributed by atoms with Gasteiger partial charge in [-0.3, -0.25) is 0 Å². The second kappa shape index (κ2) is 6.57. The summed E-state index contributed by atoms with van der Waals surface area (Å²) in [6, 6.07) is 4.40. The monoisotopic (exact) mass is 295 g/mol. The van der Waals surface area contributed by atoms with Gasteiger partial charge < -0.3 is 11.1 Å². The summed E-state index contributed by atoms with van der Waals surface area (Å²) in [5.41, 5.74) is 7.60. The van der Waals surface area contributed by atoms with Gasteiger partial charge in [-0.15, -0.1) is 0 Å². The van der Waals surface area contributed by atoms with Crippen molar-refractivity contribution in [2.75, 3.05) is 11.6 Å². The zero-order valence-electron chi connectivity index (χ0n) is 11.5. The number of pyridine rings is 1. The third-order valence-corrected chi connectivity index (χ3v) is 5.01. The molecule has 0 amide bonds. The van der Waals surface area contributed by atoms with Crippen molar-refractivity contribution in [2.24, 2.45) is 5.73 Å². The molecule has 1 aliphatic carbocycles. The van der Waals surface area contributed by atoms with E-state index in [1.807, 2.05) is 30.8 Å². The van der Waals surface area contributed by atoms with Crippen LogP contribution in [0.5, 0.6) is 0 Å². The van der Waals surface area contributed by atoms with Crippen LogP contribution in [0.4, 0.5) is 5.82 Å². The van der Waals surface area contributed by atoms with Gasteiger partial charge in [0.2, 0.25) is 0 Å². The molecule has 2 rings (SSSR count). The number of hydrogen-bond acceptors (Lipinski definition) is 4. The van der Waals surface area contributed by atoms with Crippen LogP contribution in [0.3, 0.4) is 0 Å². The quantitative estimate of drug-likeness (QED) is 0.836. The molecule has 3 N–H and O–H groups in total. The lowest BCUT2D eigenvalue weighted by Crippen LogP contribution is -2.28. The van der Waals surface area contributed by atoms with E-state index in [9.17, 15) is 0 Å². The summed E-state index contributed by atoms with van der Waals surface area (Å²) in [7, 11) is 0. The van der Waals surface area contributed by atoms with E-state index in [1.54, 1.807) is 0 Å². The zero-order valence-corrected chi connectivity index (χ0v) is 13.1. The number of hydrogen-bond donors (Lipinski definition) is 2. The minimum Gasteiger partial charge on any atom is -0.389 e. The highest BCUT2D eigenvalue weighted by molar-refractivity contribution is 7.99. The van der Waals surface area contributed by atoms with Crippen molar-refractivity contribution in [1.82, 2.24) is 4.98 Å². The largest absolute Gasteiger partial charge is 0.389 e. The molecule has 1 fully saturated rings. The Morgan fingerprint density at radius 3 is 2.63 bits per heavy atom. The molecule has 0 aromatic carbocycles. The molecule has 1 saturated carbocycles. The van der Waals surface area contributed by atoms with E-state index >= 15 is 0 Å². The number of thioether (sulfide) groups is 1. The average Bonchev–Trinajstić information content (AvgIpc) is 2.39. The maximum atomic E-state index is 5.76. The molecule has 0 aliphatic heterocycles. The van der Waals surface area contributed by atoms with Gasteiger partial charge in [0.25, 0.3) is 0 Å². The first kappa shape index (κ1) is 14.6. The van der Waals surface area contributed by atoms with E-state index in [4.69, 9.17) is 18.0 Å². The summed E-state index contributed by atoms with van der Waals surface area (Å²) in [6.45, 7) is 1.99. The predicted molar refractivity (Wildman–Crippen MR) is 88.0 cm³/mol. The predicted octanol–water partition coefficient (Wildman–Crippen LogP) is 3.11. The first-order valence-electron chi connectivity index (χ1n) is 6.67. The molecule has 0 unspecified atom stereocenters. The van der Waals surface area contributed by atoms with Crippen molar-refractivity contribution in [3.05, 3.63) is 23.4 Å². The number of nitrogens with zero attached hydrogens (tertiary/aromatic N) is 1. The van der Waals surface area contributed by atoms with Crippen LogP contribution < -0.4 is 11.1 Å². The smallest absolute Gasteiger partial charge is 0.136 e. The third kappa shape index (κ3) is 3.83. The minimum atomic E-state index is 0.410. The maximum absolute atomic E-state index is 5.76. The van der Waals surface area contributed by atoms with Crippen LogP contribution in [0.15, 0.2) is 12.1 Å². The van der Waals surface area contributed by atoms with E-state index in [-0.39, 0.29) is 0 Å². The molecule has 19 heavy (non-hydrogen) atoms. The average molecular weight is 295 g/mol. The van der Waals surface area contributed by atoms with Crippen LogP contribution in [0.1, 0.15) is 36.9 Å². The van der Waals surface area contributed by atoms with E-state index < -0.39 is 0 Å². The molecule has 0 spiro atoms. The lowest BCUT2D eigenvalue weighted by atomic mass is 9.95. The van der Waals surface area contributed by atoms with Crippen molar-refractivity contribution in [3.8, 4) is 0 Å². The van der Waals surface area contributed by atoms with Crippen LogP contribution in [0, 0.1) is 6.92 Å². The Balaban J connectivity index is 2.06. The number of anilines is 1. The first-order chi connectivity index (χ1) is 9.10. The summed E-state index contributed by atoms with van der Waals surface area (Å²) in [4.78, 5) is 4.95. The molecule has 0 bridgehead atoms. The van der Waals surface area contributed by atoms with Crippen LogP contribution in [0.25, 0.3) is 0 Å². The molecule has 1 heterocycles. The van der Waals surface area contributed by atoms with Gasteiger partial charge in [-0.25, -0.2) is 4.98 Å². The third-order valence-electron chi connectivity index (χ3n) is 3.65. The minimum absolute atomic E-state index is 0.410. The SMILES string of the molecule is CSC1CCC(Nc2nc(C)ccc2C(N)=S)CC1. The Morgan fingerprint density at radius 1 is 1.37 bits per heavy atom. The van der Waals surface area contributed by atoms with Crippen LogP contribution >= 0.6 is 24.0 Å². The highest BCUT2D eigenvalue weighted by Gasteiger charge is 2.21. The van der Waals surface area contributed by atoms with Gasteiger partial charge in [0, 0.05) is 17.0 Å². The van der Waals surface area contributed by atoms with Gasteiger partial charge in [0.1, 0.15) is 10.8 Å². The summed E-state index contributed by atoms with van der Waals surface area (Å²) in [6.07, 6.45) is 7.13. The lowest BCUT2D eigenvalue weighted by Gasteiger charge is -2.29. The van der Waals surface area contributed by atoms with Crippen molar-refractivity contribution in [2.45, 2.75) is 43.9 Å². The molecule has 0 saturated heterocycles. The van der Waals surface area contributed by atoms with Gasteiger partial charge in [-0.05, 0) is 51.0 Å². The molecule has 3 nitrogen and oxygen atoms in total. The van der Waals surface area contributed by atoms with Gasteiger partial charge in [0.15, 0.2) is 0 Å². The van der Waals surface area contributed by atoms with Gasteiger partial charge in [-0.2, -0.15) is 11.8 Å². The van der Waals surface area contributed by atoms with E-state index in [2.05, 4.69) is 16.6 Å². The van der Waals surface area contributed by atoms with Crippen molar-refractivity contribution < 1.29 is 0 Å². The molecule has 1 aromatic heterocycles. The second-order valence-electron chi connectivity index (χ2n) is 5.07. The Labute approximate surface area is 124 Å². The topological polar surface area (TPSA) is 50.9 Å². The number of nitrogens with two attached hydrogens (primary N) is 1. The fourth-order valence-electron chi connectivity index (χ4n) is 2.50. The summed E-state index contributed by atoms with van der Waals surface area (Å²) in [5, 5.41) is 4.35. The number of aromatic nitrogens is 1. The van der Waals surface area contributed by atoms with E-state index in [0.717, 1.165) is 22.3 Å². The van der Waals surface area contributed by atoms with Crippen LogP contribution in [0.2, 0.25) is 0 Å². The van der Waals surface area contributed by atoms with Gasteiger partial charge in [-0.1, -0.05) is 12.2 Å². The Kier molecular flexibility index (Phi) is 5.05. The molecular weight excluding hydrogens is 274 g/mol. The highest BCUT2D eigenvalue weighted by Crippen LogP contribution is 2.29. The number of thiocarbonyl (C=S) groups is 1. The van der Waals surface area contributed by atoms with E-state index in [1.165, 1.54) is 25.7 Å². The molecule has 5 heteroatoms. The molecule has 1 aromatic rings. The summed E-state index contributed by atoms with van der Waals surface area (Å²) in [5.74, 6) is 0.847. The van der Waals surface area contributed by atoms with Gasteiger partial charge >= 0.3 is 0 Å². The Bertz CT molecular complexity index is 454. The molecule has 1 aliphatic rings. The normalized spacial score (nSPS) is 23.1. The highest BCUT2D eigenvalue weighted by atomic mass is 32.2. The van der Waals surface area contributed by atoms with Crippen molar-refractivity contribution in [1.29, 1.82) is 0 Å². The second-order valence-corrected chi connectivity index (χ2v) is 6.64. The zero-order chi connectivity index (χ0) is 13.8. The molecule has 0 radical (unpaired) electrons. The maximum Gasteiger partial charge on any atom is 0.136 e. The van der Waals surface area contributed by atoms with Crippen molar-refractivity contribution in [3.63, 3.8) is 0 Å². The Morgan fingerprint density at radius 2 is 2.05 bits per heavy atom. The van der Waals surface area contributed by atoms with Crippen LogP contribution in [-0.2, 0) is 0 Å². The Hall–Kier alpha value is -0.810. The first-order valence-corrected chi connectivity index (χ1v) is 8.36. The number of nitrogens with one attached hydrogen (secondary N) is 1. The number of aryl methyl sites for hydroxylation is 1. The number of rotatable bonds is 4. The molecule has 0 atom stereocenters. The fraction of sp³-hybridized carbons (Fsp3) is 0.571.